The molecule has 0 bridgehead atoms. The fourth-order valence-electron chi connectivity index (χ4n) is 8.57. The Morgan fingerprint density at radius 1 is 0.217 bits per heavy atom. The minimum absolute atomic E-state index is 0.710. The second-order valence-corrected chi connectivity index (χ2v) is 15.4. The van der Waals surface area contributed by atoms with Gasteiger partial charge in [-0.15, -0.1) is 0 Å². The standard InChI is InChI=1S/C58H38N2/c1-3-11-39(12-4-1)40-23-29-46(30-24-40)55-38-56(60-58(59-55)49-14-5-2-6-15-49)47-31-25-43(26-32-47)41-19-21-42(22-20-41)44-27-33-48(34-28-44)57-52-18-10-8-16-50(52)37-54-51-17-9-7-13-45(51)35-36-53(54)57/h1-38H. The van der Waals surface area contributed by atoms with Crippen LogP contribution >= 0.6 is 0 Å². The van der Waals surface area contributed by atoms with E-state index in [1.54, 1.807) is 0 Å². The molecule has 0 aliphatic carbocycles. The van der Waals surface area contributed by atoms with Gasteiger partial charge in [0.1, 0.15) is 0 Å². The van der Waals surface area contributed by atoms with E-state index in [-0.39, 0.29) is 0 Å². The molecule has 60 heavy (non-hydrogen) atoms. The zero-order chi connectivity index (χ0) is 39.8. The minimum atomic E-state index is 0.710. The summed E-state index contributed by atoms with van der Waals surface area (Å²) in [5, 5.41) is 7.65. The van der Waals surface area contributed by atoms with Gasteiger partial charge in [0.2, 0.25) is 0 Å². The molecule has 0 saturated carbocycles. The van der Waals surface area contributed by atoms with Crippen LogP contribution in [0.4, 0.5) is 0 Å². The van der Waals surface area contributed by atoms with Crippen LogP contribution in [-0.4, -0.2) is 9.97 Å². The molecule has 0 radical (unpaired) electrons. The highest BCUT2D eigenvalue weighted by atomic mass is 14.9. The third-order valence-electron chi connectivity index (χ3n) is 11.7. The SMILES string of the molecule is c1ccc(-c2ccc(-c3cc(-c4ccc(-c5ccc(-c6ccc(-c7c8ccccc8cc8c7ccc7ccccc78)cc6)cc5)cc4)nc(-c4ccccc4)n3)cc2)cc1. The predicted octanol–water partition coefficient (Wildman–Crippen LogP) is 15.6. The smallest absolute Gasteiger partial charge is 0.160 e. The topological polar surface area (TPSA) is 25.8 Å². The number of fused-ring (bicyclic) bond motifs is 4. The van der Waals surface area contributed by atoms with Gasteiger partial charge >= 0.3 is 0 Å². The van der Waals surface area contributed by atoms with E-state index in [2.05, 4.69) is 206 Å². The van der Waals surface area contributed by atoms with Crippen LogP contribution in [0.1, 0.15) is 0 Å². The summed E-state index contributed by atoms with van der Waals surface area (Å²) < 4.78 is 0. The van der Waals surface area contributed by atoms with Gasteiger partial charge < -0.3 is 0 Å². The van der Waals surface area contributed by atoms with Gasteiger partial charge in [-0.05, 0) is 89.0 Å². The Kier molecular flexibility index (Phi) is 8.87. The Balaban J connectivity index is 0.877. The number of nitrogens with zero attached hydrogens (tertiary/aromatic N) is 2. The first-order valence-corrected chi connectivity index (χ1v) is 20.5. The molecule has 0 N–H and O–H groups in total. The molecule has 0 aliphatic heterocycles. The molecule has 0 amide bonds. The Morgan fingerprint density at radius 3 is 1.15 bits per heavy atom. The van der Waals surface area contributed by atoms with Crippen molar-refractivity contribution >= 4 is 32.3 Å². The van der Waals surface area contributed by atoms with Crippen LogP contribution in [0.5, 0.6) is 0 Å². The molecule has 0 atom stereocenters. The van der Waals surface area contributed by atoms with Crippen LogP contribution in [0.2, 0.25) is 0 Å². The van der Waals surface area contributed by atoms with Crippen molar-refractivity contribution in [1.29, 1.82) is 0 Å². The summed E-state index contributed by atoms with van der Waals surface area (Å²) in [6, 6.07) is 82.4. The molecule has 2 heteroatoms. The number of rotatable bonds is 7. The third-order valence-corrected chi connectivity index (χ3v) is 11.7. The average molecular weight is 763 g/mol. The average Bonchev–Trinajstić information content (AvgIpc) is 3.34. The summed E-state index contributed by atoms with van der Waals surface area (Å²) in [5.74, 6) is 0.710. The first kappa shape index (κ1) is 35.2. The van der Waals surface area contributed by atoms with Crippen molar-refractivity contribution in [3.05, 3.63) is 231 Å². The van der Waals surface area contributed by atoms with Gasteiger partial charge in [-0.1, -0.05) is 218 Å². The van der Waals surface area contributed by atoms with Crippen LogP contribution in [0.15, 0.2) is 231 Å². The van der Waals surface area contributed by atoms with E-state index in [1.807, 2.05) is 24.3 Å². The number of hydrogen-bond acceptors (Lipinski definition) is 2. The van der Waals surface area contributed by atoms with Gasteiger partial charge in [0.15, 0.2) is 5.82 Å². The van der Waals surface area contributed by atoms with E-state index < -0.39 is 0 Å². The summed E-state index contributed by atoms with van der Waals surface area (Å²) in [4.78, 5) is 10.1. The highest BCUT2D eigenvalue weighted by molar-refractivity contribution is 6.20. The second kappa shape index (κ2) is 15.1. The first-order chi connectivity index (χ1) is 29.7. The zero-order valence-electron chi connectivity index (χ0n) is 32.8. The van der Waals surface area contributed by atoms with Gasteiger partial charge in [0.05, 0.1) is 11.4 Å². The highest BCUT2D eigenvalue weighted by Crippen LogP contribution is 2.40. The minimum Gasteiger partial charge on any atom is -0.228 e. The number of benzene rings is 10. The first-order valence-electron chi connectivity index (χ1n) is 20.5. The highest BCUT2D eigenvalue weighted by Gasteiger charge is 2.14. The van der Waals surface area contributed by atoms with E-state index in [0.717, 1.165) is 33.6 Å². The molecule has 11 aromatic rings. The lowest BCUT2D eigenvalue weighted by atomic mass is 9.89. The summed E-state index contributed by atoms with van der Waals surface area (Å²) in [6.45, 7) is 0. The Bertz CT molecular complexity index is 3300. The van der Waals surface area contributed by atoms with Gasteiger partial charge in [-0.3, -0.25) is 0 Å². The Labute approximate surface area is 349 Å². The lowest BCUT2D eigenvalue weighted by molar-refractivity contribution is 1.18. The van der Waals surface area contributed by atoms with Crippen molar-refractivity contribution in [3.63, 3.8) is 0 Å². The quantitative estimate of drug-likeness (QED) is 0.119. The largest absolute Gasteiger partial charge is 0.228 e. The van der Waals surface area contributed by atoms with Gasteiger partial charge in [0.25, 0.3) is 0 Å². The third kappa shape index (κ3) is 6.61. The van der Waals surface area contributed by atoms with Crippen LogP contribution in [0, 0.1) is 0 Å². The Morgan fingerprint density at radius 2 is 0.617 bits per heavy atom. The zero-order valence-corrected chi connectivity index (χ0v) is 32.8. The van der Waals surface area contributed by atoms with E-state index in [4.69, 9.17) is 9.97 Å². The normalized spacial score (nSPS) is 11.3. The van der Waals surface area contributed by atoms with Crippen LogP contribution in [0.25, 0.3) is 111 Å². The number of aromatic nitrogens is 2. The summed E-state index contributed by atoms with van der Waals surface area (Å²) in [6.07, 6.45) is 0. The van der Waals surface area contributed by atoms with Crippen molar-refractivity contribution in [2.75, 3.05) is 0 Å². The second-order valence-electron chi connectivity index (χ2n) is 15.4. The molecule has 1 heterocycles. The fourth-order valence-corrected chi connectivity index (χ4v) is 8.57. The molecule has 10 aromatic carbocycles. The maximum absolute atomic E-state index is 5.07. The molecular formula is C58H38N2. The molecule has 2 nitrogen and oxygen atoms in total. The van der Waals surface area contributed by atoms with E-state index >= 15 is 0 Å². The summed E-state index contributed by atoms with van der Waals surface area (Å²) in [7, 11) is 0. The summed E-state index contributed by atoms with van der Waals surface area (Å²) >= 11 is 0. The predicted molar refractivity (Wildman–Crippen MR) is 253 cm³/mol. The maximum atomic E-state index is 5.07. The number of hydrogen-bond donors (Lipinski definition) is 0. The fraction of sp³-hybridized carbons (Fsp3) is 0. The molecule has 0 aliphatic rings. The van der Waals surface area contributed by atoms with Crippen LogP contribution < -0.4 is 0 Å². The molecule has 11 rings (SSSR count). The van der Waals surface area contributed by atoms with Crippen molar-refractivity contribution in [3.8, 4) is 78.4 Å². The lowest BCUT2D eigenvalue weighted by Gasteiger charge is -2.14. The molecule has 0 spiro atoms. The molecule has 280 valence electrons. The van der Waals surface area contributed by atoms with Crippen LogP contribution in [-0.2, 0) is 0 Å². The monoisotopic (exact) mass is 762 g/mol. The molecule has 1 aromatic heterocycles. The Hall–Kier alpha value is -7.94. The van der Waals surface area contributed by atoms with Crippen molar-refractivity contribution in [2.45, 2.75) is 0 Å². The molecule has 0 saturated heterocycles. The van der Waals surface area contributed by atoms with Gasteiger partial charge in [-0.2, -0.15) is 0 Å². The molecule has 0 fully saturated rings. The maximum Gasteiger partial charge on any atom is 0.160 e. The molecule has 0 unspecified atom stereocenters. The lowest BCUT2D eigenvalue weighted by Crippen LogP contribution is -1.96. The van der Waals surface area contributed by atoms with E-state index in [0.29, 0.717) is 5.82 Å². The van der Waals surface area contributed by atoms with Crippen LogP contribution in [0.3, 0.4) is 0 Å². The summed E-state index contributed by atoms with van der Waals surface area (Å²) in [5.41, 5.74) is 14.5. The molecular weight excluding hydrogens is 725 g/mol. The van der Waals surface area contributed by atoms with Gasteiger partial charge in [-0.25, -0.2) is 9.97 Å². The van der Waals surface area contributed by atoms with Crippen molar-refractivity contribution in [1.82, 2.24) is 9.97 Å². The van der Waals surface area contributed by atoms with Gasteiger partial charge in [0, 0.05) is 16.7 Å². The van der Waals surface area contributed by atoms with E-state index in [1.165, 1.54) is 71.3 Å². The van der Waals surface area contributed by atoms with E-state index in [9.17, 15) is 0 Å². The van der Waals surface area contributed by atoms with Crippen molar-refractivity contribution < 1.29 is 0 Å². The van der Waals surface area contributed by atoms with Crippen molar-refractivity contribution in [2.24, 2.45) is 0 Å².